The molecule has 5 nitrogen and oxygen atoms in total. The van der Waals surface area contributed by atoms with Crippen LogP contribution in [0.15, 0.2) is 33.8 Å². The van der Waals surface area contributed by atoms with Gasteiger partial charge < -0.3 is 4.42 Å². The van der Waals surface area contributed by atoms with Crippen molar-refractivity contribution in [1.29, 1.82) is 0 Å². The molecule has 22 heavy (non-hydrogen) atoms. The number of rotatable bonds is 4. The van der Waals surface area contributed by atoms with Crippen LogP contribution in [0.2, 0.25) is 8.67 Å². The van der Waals surface area contributed by atoms with E-state index in [9.17, 15) is 8.42 Å². The fourth-order valence-corrected chi connectivity index (χ4v) is 5.93. The average molecular weight is 381 g/mol. The highest BCUT2D eigenvalue weighted by atomic mass is 35.5. The van der Waals surface area contributed by atoms with E-state index < -0.39 is 10.0 Å². The molecular formula is C13H14Cl2N2O3S2. The summed E-state index contributed by atoms with van der Waals surface area (Å²) in [6.45, 7) is 2.83. The quantitative estimate of drug-likeness (QED) is 0.817. The maximum Gasteiger partial charge on any atom is 0.245 e. The zero-order valence-corrected chi connectivity index (χ0v) is 14.7. The normalized spacial score (nSPS) is 17.9. The highest BCUT2D eigenvalue weighted by Gasteiger charge is 2.31. The molecular weight excluding hydrogens is 367 g/mol. The van der Waals surface area contributed by atoms with Crippen molar-refractivity contribution in [3.63, 3.8) is 0 Å². The first-order valence-electron chi connectivity index (χ1n) is 6.66. The number of furan rings is 1. The minimum absolute atomic E-state index is 0.101. The van der Waals surface area contributed by atoms with E-state index in [0.29, 0.717) is 37.1 Å². The lowest BCUT2D eigenvalue weighted by atomic mass is 10.3. The molecule has 2 aromatic rings. The van der Waals surface area contributed by atoms with Crippen LogP contribution in [0.4, 0.5) is 0 Å². The summed E-state index contributed by atoms with van der Waals surface area (Å²) in [5.74, 6) is 0.879. The van der Waals surface area contributed by atoms with Crippen molar-refractivity contribution in [2.75, 3.05) is 26.2 Å². The van der Waals surface area contributed by atoms with Gasteiger partial charge in [-0.25, -0.2) is 8.42 Å². The van der Waals surface area contributed by atoms with Gasteiger partial charge in [0.15, 0.2) is 0 Å². The Labute approximate surface area is 143 Å². The first-order chi connectivity index (χ1) is 10.5. The third kappa shape index (κ3) is 3.34. The Morgan fingerprint density at radius 3 is 2.50 bits per heavy atom. The Balaban J connectivity index is 1.66. The number of nitrogens with zero attached hydrogens (tertiary/aromatic N) is 2. The van der Waals surface area contributed by atoms with Gasteiger partial charge in [0.25, 0.3) is 0 Å². The second-order valence-corrected chi connectivity index (χ2v) is 9.14. The average Bonchev–Trinajstić information content (AvgIpc) is 3.09. The minimum atomic E-state index is -3.58. The van der Waals surface area contributed by atoms with Crippen molar-refractivity contribution in [1.82, 2.24) is 9.21 Å². The molecule has 1 saturated heterocycles. The maximum absolute atomic E-state index is 12.6. The lowest BCUT2D eigenvalue weighted by Crippen LogP contribution is -2.48. The zero-order valence-electron chi connectivity index (χ0n) is 11.5. The van der Waals surface area contributed by atoms with Gasteiger partial charge in [0, 0.05) is 26.2 Å². The Morgan fingerprint density at radius 1 is 1.23 bits per heavy atom. The van der Waals surface area contributed by atoms with Gasteiger partial charge in [-0.2, -0.15) is 4.31 Å². The molecule has 0 saturated carbocycles. The second-order valence-electron chi connectivity index (χ2n) is 4.95. The monoisotopic (exact) mass is 380 g/mol. The smallest absolute Gasteiger partial charge is 0.245 e. The van der Waals surface area contributed by atoms with Crippen LogP contribution in [-0.2, 0) is 16.6 Å². The lowest BCUT2D eigenvalue weighted by molar-refractivity contribution is 0.171. The molecule has 0 unspecified atom stereocenters. The molecule has 1 fully saturated rings. The van der Waals surface area contributed by atoms with E-state index in [2.05, 4.69) is 4.90 Å². The number of hydrogen-bond acceptors (Lipinski definition) is 5. The van der Waals surface area contributed by atoms with Gasteiger partial charge in [-0.1, -0.05) is 23.2 Å². The summed E-state index contributed by atoms with van der Waals surface area (Å²) in [4.78, 5) is 2.26. The van der Waals surface area contributed by atoms with E-state index in [-0.39, 0.29) is 9.23 Å². The Morgan fingerprint density at radius 2 is 1.95 bits per heavy atom. The SMILES string of the molecule is O=S(=O)(c1cc(Cl)sc1Cl)N1CCN(Cc2ccco2)CC1. The summed E-state index contributed by atoms with van der Waals surface area (Å²) in [7, 11) is -3.58. The second kappa shape index (κ2) is 6.51. The summed E-state index contributed by atoms with van der Waals surface area (Å²) < 4.78 is 32.5. The molecule has 0 aromatic carbocycles. The number of hydrogen-bond donors (Lipinski definition) is 0. The van der Waals surface area contributed by atoms with Crippen molar-refractivity contribution in [3.8, 4) is 0 Å². The number of halogens is 2. The van der Waals surface area contributed by atoms with Crippen LogP contribution < -0.4 is 0 Å². The molecule has 0 radical (unpaired) electrons. The molecule has 9 heteroatoms. The third-order valence-corrected chi connectivity index (χ3v) is 7.19. The van der Waals surface area contributed by atoms with Gasteiger partial charge in [-0.15, -0.1) is 11.3 Å². The Bertz CT molecular complexity index is 735. The van der Waals surface area contributed by atoms with E-state index in [1.54, 1.807) is 6.26 Å². The molecule has 3 rings (SSSR count). The fraction of sp³-hybridized carbons (Fsp3) is 0.385. The van der Waals surface area contributed by atoms with Crippen molar-refractivity contribution >= 4 is 44.6 Å². The van der Waals surface area contributed by atoms with Crippen LogP contribution in [0, 0.1) is 0 Å². The van der Waals surface area contributed by atoms with Crippen LogP contribution in [0.25, 0.3) is 0 Å². The standard InChI is InChI=1S/C13H14Cl2N2O3S2/c14-12-8-11(13(15)21-12)22(18,19)17-5-3-16(4-6-17)9-10-2-1-7-20-10/h1-2,7-8H,3-6,9H2. The summed E-state index contributed by atoms with van der Waals surface area (Å²) in [6.07, 6.45) is 1.64. The van der Waals surface area contributed by atoms with Crippen molar-refractivity contribution < 1.29 is 12.8 Å². The van der Waals surface area contributed by atoms with Crippen molar-refractivity contribution in [2.45, 2.75) is 11.4 Å². The Hall–Kier alpha value is -0.570. The molecule has 0 aliphatic carbocycles. The van der Waals surface area contributed by atoms with Crippen LogP contribution in [0.5, 0.6) is 0 Å². The van der Waals surface area contributed by atoms with Gasteiger partial charge in [0.05, 0.1) is 17.1 Å². The van der Waals surface area contributed by atoms with Crippen LogP contribution in [0.3, 0.4) is 0 Å². The number of sulfonamides is 1. The topological polar surface area (TPSA) is 53.8 Å². The van der Waals surface area contributed by atoms with Gasteiger partial charge in [-0.05, 0) is 18.2 Å². The molecule has 0 spiro atoms. The first-order valence-corrected chi connectivity index (χ1v) is 9.68. The van der Waals surface area contributed by atoms with E-state index in [1.807, 2.05) is 12.1 Å². The highest BCUT2D eigenvalue weighted by Crippen LogP contribution is 2.36. The van der Waals surface area contributed by atoms with Crippen LogP contribution in [-0.4, -0.2) is 43.8 Å². The summed E-state index contributed by atoms with van der Waals surface area (Å²) in [5.41, 5.74) is 0. The van der Waals surface area contributed by atoms with Gasteiger partial charge in [0.1, 0.15) is 15.0 Å². The van der Waals surface area contributed by atoms with E-state index in [0.717, 1.165) is 17.1 Å². The van der Waals surface area contributed by atoms with E-state index >= 15 is 0 Å². The minimum Gasteiger partial charge on any atom is -0.468 e. The predicted molar refractivity (Wildman–Crippen MR) is 87.1 cm³/mol. The van der Waals surface area contributed by atoms with Gasteiger partial charge in [0.2, 0.25) is 10.0 Å². The Kier molecular flexibility index (Phi) is 4.82. The van der Waals surface area contributed by atoms with Gasteiger partial charge >= 0.3 is 0 Å². The van der Waals surface area contributed by atoms with Gasteiger partial charge in [-0.3, -0.25) is 4.90 Å². The largest absolute Gasteiger partial charge is 0.468 e. The third-order valence-electron chi connectivity index (χ3n) is 3.53. The van der Waals surface area contributed by atoms with E-state index in [1.165, 1.54) is 10.4 Å². The molecule has 1 aliphatic rings. The fourth-order valence-electron chi connectivity index (χ4n) is 2.39. The molecule has 0 atom stereocenters. The predicted octanol–water partition coefficient (Wildman–Crippen LogP) is 3.15. The van der Waals surface area contributed by atoms with Crippen molar-refractivity contribution in [2.24, 2.45) is 0 Å². The maximum atomic E-state index is 12.6. The summed E-state index contributed by atoms with van der Waals surface area (Å²) in [6, 6.07) is 5.17. The molecule has 0 bridgehead atoms. The number of thiophene rings is 1. The summed E-state index contributed by atoms with van der Waals surface area (Å²) >= 11 is 12.9. The molecule has 120 valence electrons. The molecule has 0 N–H and O–H groups in total. The number of piperazine rings is 1. The first kappa shape index (κ1) is 16.3. The molecule has 0 amide bonds. The van der Waals surface area contributed by atoms with Crippen molar-refractivity contribution in [3.05, 3.63) is 38.9 Å². The zero-order chi connectivity index (χ0) is 15.7. The van der Waals surface area contributed by atoms with Crippen LogP contribution >= 0.6 is 34.5 Å². The van der Waals surface area contributed by atoms with E-state index in [4.69, 9.17) is 27.6 Å². The highest BCUT2D eigenvalue weighted by molar-refractivity contribution is 7.89. The lowest BCUT2D eigenvalue weighted by Gasteiger charge is -2.33. The summed E-state index contributed by atoms with van der Waals surface area (Å²) in [5, 5.41) is 0. The molecule has 1 aliphatic heterocycles. The van der Waals surface area contributed by atoms with Crippen LogP contribution in [0.1, 0.15) is 5.76 Å². The molecule has 2 aromatic heterocycles. The molecule has 3 heterocycles.